The summed E-state index contributed by atoms with van der Waals surface area (Å²) in [7, 11) is 0. The number of hydrogen-bond acceptors (Lipinski definition) is 23. The molecule has 4 heterocycles. The molecular formula is C44H70O23. The second kappa shape index (κ2) is 19.4. The number of carbonyl (C=O) groups is 1. The molecule has 4 aliphatic carbocycles. The van der Waals surface area contributed by atoms with Crippen molar-refractivity contribution in [1.82, 2.24) is 0 Å². The van der Waals surface area contributed by atoms with Gasteiger partial charge in [0.1, 0.15) is 97.7 Å². The average Bonchev–Trinajstić information content (AvgIpc) is 3.50. The molecule has 0 aromatic carbocycles. The van der Waals surface area contributed by atoms with Gasteiger partial charge in [0.05, 0.1) is 37.4 Å². The van der Waals surface area contributed by atoms with E-state index in [4.69, 9.17) is 37.9 Å². The Morgan fingerprint density at radius 1 is 0.567 bits per heavy atom. The third kappa shape index (κ3) is 8.63. The summed E-state index contributed by atoms with van der Waals surface area (Å²) >= 11 is 0. The lowest BCUT2D eigenvalue weighted by Crippen LogP contribution is -2.68. The van der Waals surface area contributed by atoms with Gasteiger partial charge in [-0.05, 0) is 86.5 Å². The van der Waals surface area contributed by atoms with Gasteiger partial charge in [0.15, 0.2) is 18.9 Å². The smallest absolute Gasteiger partial charge is 0.314 e. The van der Waals surface area contributed by atoms with Gasteiger partial charge in [0.2, 0.25) is 6.29 Å². The van der Waals surface area contributed by atoms with Gasteiger partial charge in [-0.25, -0.2) is 0 Å². The highest BCUT2D eigenvalue weighted by molar-refractivity contribution is 5.77. The van der Waals surface area contributed by atoms with Crippen molar-refractivity contribution in [3.8, 4) is 0 Å². The van der Waals surface area contributed by atoms with Crippen LogP contribution in [0.3, 0.4) is 0 Å². The molecule has 67 heavy (non-hydrogen) atoms. The molecule has 1 spiro atoms. The molecule has 0 radical (unpaired) electrons. The van der Waals surface area contributed by atoms with Crippen LogP contribution in [-0.4, -0.2) is 232 Å². The molecule has 0 amide bonds. The highest BCUT2D eigenvalue weighted by Gasteiger charge is 2.70. The molecule has 26 atom stereocenters. The fourth-order valence-corrected chi connectivity index (χ4v) is 13.5. The minimum Gasteiger partial charge on any atom is -0.432 e. The van der Waals surface area contributed by atoms with Crippen molar-refractivity contribution in [3.63, 3.8) is 0 Å². The molecule has 4 saturated heterocycles. The van der Waals surface area contributed by atoms with E-state index >= 15 is 0 Å². The molecule has 2 bridgehead atoms. The maximum atomic E-state index is 14.3. The van der Waals surface area contributed by atoms with E-state index in [0.29, 0.717) is 56.9 Å². The number of rotatable bonds is 12. The Morgan fingerprint density at radius 2 is 1.03 bits per heavy atom. The summed E-state index contributed by atoms with van der Waals surface area (Å²) in [5, 5.41) is 148. The molecule has 8 rings (SSSR count). The van der Waals surface area contributed by atoms with Crippen molar-refractivity contribution in [2.24, 2.45) is 28.1 Å². The number of aliphatic hydroxyl groups is 14. The van der Waals surface area contributed by atoms with Crippen molar-refractivity contribution in [2.45, 2.75) is 200 Å². The quantitative estimate of drug-likeness (QED) is 0.0494. The monoisotopic (exact) mass is 966 g/mol. The van der Waals surface area contributed by atoms with E-state index in [0.717, 1.165) is 6.42 Å². The number of esters is 1. The second-order valence-corrected chi connectivity index (χ2v) is 20.8. The minimum absolute atomic E-state index is 0.0251. The fraction of sp³-hybridized carbons (Fsp3) is 0.932. The first-order valence-electron chi connectivity index (χ1n) is 23.4. The van der Waals surface area contributed by atoms with Crippen LogP contribution in [0.25, 0.3) is 0 Å². The average molecular weight is 967 g/mol. The van der Waals surface area contributed by atoms with Gasteiger partial charge in [-0.2, -0.15) is 0 Å². The van der Waals surface area contributed by atoms with Crippen molar-refractivity contribution >= 4 is 5.97 Å². The van der Waals surface area contributed by atoms with Crippen molar-refractivity contribution in [2.75, 3.05) is 26.4 Å². The largest absolute Gasteiger partial charge is 0.432 e. The molecule has 4 aliphatic heterocycles. The van der Waals surface area contributed by atoms with Crippen LogP contribution in [0, 0.1) is 28.1 Å². The van der Waals surface area contributed by atoms with Crippen molar-refractivity contribution < 1.29 is 114 Å². The van der Waals surface area contributed by atoms with E-state index in [1.54, 1.807) is 0 Å². The van der Waals surface area contributed by atoms with Gasteiger partial charge in [-0.3, -0.25) is 4.79 Å². The van der Waals surface area contributed by atoms with E-state index in [1.165, 1.54) is 0 Å². The van der Waals surface area contributed by atoms with E-state index in [1.807, 2.05) is 6.92 Å². The van der Waals surface area contributed by atoms with E-state index < -0.39 is 177 Å². The Kier molecular flexibility index (Phi) is 15.0. The molecule has 384 valence electrons. The molecule has 14 N–H and O–H groups in total. The highest BCUT2D eigenvalue weighted by Crippen LogP contribution is 2.74. The SMILES string of the molecule is C=C1C[C@@]23CCC4[C@@](C)(CCC[C@@]4(C)C(=O)O[C@@H]4O[C@H](CO)[C@@H](O)[C@H](O)[C@@H]4O)C2CC[C@]1(O[C@@H]1O[C@H](CO)[C@@H](O)[C@H](O[C@@H]2O[C@H](CO)[C@@H](O)[C@H](O)[C@@H]2O)[C@@H]1O[C@@H]1O[C@H](CO)[C@@H](O)[C@H](O)[C@@H]1O)C3. The summed E-state index contributed by atoms with van der Waals surface area (Å²) in [4.78, 5) is 14.3. The molecule has 0 aromatic heterocycles. The number of fused-ring (bicyclic) bond motifs is 3. The molecule has 2 unspecified atom stereocenters. The Balaban J connectivity index is 1.06. The van der Waals surface area contributed by atoms with Gasteiger partial charge in [-0.1, -0.05) is 19.9 Å². The number of ether oxygens (including phenoxy) is 8. The fourth-order valence-electron chi connectivity index (χ4n) is 13.5. The Morgan fingerprint density at radius 3 is 1.57 bits per heavy atom. The number of carbonyl (C=O) groups excluding carboxylic acids is 1. The summed E-state index contributed by atoms with van der Waals surface area (Å²) < 4.78 is 48.2. The van der Waals surface area contributed by atoms with Crippen LogP contribution >= 0.6 is 0 Å². The van der Waals surface area contributed by atoms with Crippen LogP contribution in [0.4, 0.5) is 0 Å². The first-order chi connectivity index (χ1) is 31.6. The van der Waals surface area contributed by atoms with Gasteiger partial charge in [0.25, 0.3) is 0 Å². The Bertz CT molecular complexity index is 1760. The third-order valence-corrected chi connectivity index (χ3v) is 17.1. The highest BCUT2D eigenvalue weighted by atomic mass is 16.8. The standard InChI is InChI=1S/C44H70O23/c1-17-11-43-9-5-22-41(2,7-4-8-42(22,3)40(59)66-38-33(58)30(55)26(51)20(14-47)62-38)23(43)6-10-44(17,16-43)67-39-35(65-37-32(57)29(54)25(50)19(13-46)61-37)34(27(52)21(15-48)63-39)64-36-31(56)28(53)24(49)18(12-45)60-36/h18-39,45-58H,1,4-16H2,2-3H3/t18-,19-,20-,21-,22?,23?,24-,25-,26-,27-,28+,29+,30+,31+,32+,33+,34+,35+,36+,37+,38+,39+,41-,42-,43-,44+/m1/s1. The molecular weight excluding hydrogens is 896 g/mol. The lowest BCUT2D eigenvalue weighted by Gasteiger charge is -2.64. The zero-order valence-corrected chi connectivity index (χ0v) is 37.5. The Labute approximate surface area is 386 Å². The first kappa shape index (κ1) is 51.7. The van der Waals surface area contributed by atoms with Crippen LogP contribution in [0.2, 0.25) is 0 Å². The van der Waals surface area contributed by atoms with Crippen LogP contribution in [0.5, 0.6) is 0 Å². The Hall–Kier alpha value is -1.63. The van der Waals surface area contributed by atoms with Crippen LogP contribution in [-0.2, 0) is 42.7 Å². The van der Waals surface area contributed by atoms with Crippen LogP contribution < -0.4 is 0 Å². The van der Waals surface area contributed by atoms with Gasteiger partial charge < -0.3 is 109 Å². The predicted molar refractivity (Wildman–Crippen MR) is 219 cm³/mol. The molecule has 8 fully saturated rings. The zero-order valence-electron chi connectivity index (χ0n) is 37.5. The van der Waals surface area contributed by atoms with Gasteiger partial charge >= 0.3 is 5.97 Å². The number of aliphatic hydroxyl groups excluding tert-OH is 14. The van der Waals surface area contributed by atoms with E-state index in [-0.39, 0.29) is 11.8 Å². The molecule has 0 aromatic rings. The lowest BCUT2D eigenvalue weighted by atomic mass is 9.41. The molecule has 4 saturated carbocycles. The number of hydrogen-bond donors (Lipinski definition) is 14. The zero-order chi connectivity index (χ0) is 48.7. The summed E-state index contributed by atoms with van der Waals surface area (Å²) in [5.74, 6) is -0.805. The second-order valence-electron chi connectivity index (χ2n) is 20.8. The van der Waals surface area contributed by atoms with Crippen LogP contribution in [0.1, 0.15) is 71.6 Å². The summed E-state index contributed by atoms with van der Waals surface area (Å²) in [6, 6.07) is 0. The van der Waals surface area contributed by atoms with Gasteiger partial charge in [-0.15, -0.1) is 0 Å². The molecule has 23 nitrogen and oxygen atoms in total. The summed E-state index contributed by atoms with van der Waals surface area (Å²) in [5.41, 5.74) is -2.33. The van der Waals surface area contributed by atoms with E-state index in [9.17, 15) is 76.3 Å². The lowest BCUT2D eigenvalue weighted by molar-refractivity contribution is -0.400. The van der Waals surface area contributed by atoms with Gasteiger partial charge in [0, 0.05) is 0 Å². The normalized spacial score (nSPS) is 54.5. The topological polar surface area (TPSA) is 374 Å². The van der Waals surface area contributed by atoms with Crippen molar-refractivity contribution in [3.05, 3.63) is 12.2 Å². The molecule has 8 aliphatic rings. The van der Waals surface area contributed by atoms with E-state index in [2.05, 4.69) is 13.5 Å². The predicted octanol–water partition coefficient (Wildman–Crippen LogP) is -5.11. The van der Waals surface area contributed by atoms with Crippen molar-refractivity contribution in [1.29, 1.82) is 0 Å². The third-order valence-electron chi connectivity index (χ3n) is 17.1. The summed E-state index contributed by atoms with van der Waals surface area (Å²) in [6.07, 6.45) is -29.1. The maximum Gasteiger partial charge on any atom is 0.314 e. The minimum atomic E-state index is -1.95. The molecule has 23 heteroatoms. The first-order valence-corrected chi connectivity index (χ1v) is 23.4. The maximum absolute atomic E-state index is 14.3. The summed E-state index contributed by atoms with van der Waals surface area (Å²) in [6.45, 7) is 5.41. The van der Waals surface area contributed by atoms with Crippen LogP contribution in [0.15, 0.2) is 12.2 Å².